The summed E-state index contributed by atoms with van der Waals surface area (Å²) in [7, 11) is 0. The van der Waals surface area contributed by atoms with Crippen LogP contribution in [-0.2, 0) is 4.79 Å². The lowest BCUT2D eigenvalue weighted by Gasteiger charge is -2.34. The van der Waals surface area contributed by atoms with Crippen LogP contribution < -0.4 is 5.56 Å². The molecule has 1 amide bonds. The maximum atomic E-state index is 12.4. The number of carbonyl (C=O) groups is 2. The van der Waals surface area contributed by atoms with Crippen molar-refractivity contribution in [1.29, 1.82) is 0 Å². The zero-order chi connectivity index (χ0) is 14.8. The van der Waals surface area contributed by atoms with Crippen LogP contribution in [0, 0.1) is 0 Å². The van der Waals surface area contributed by atoms with Gasteiger partial charge in [-0.2, -0.15) is 0 Å². The monoisotopic (exact) mass is 279 g/mol. The summed E-state index contributed by atoms with van der Waals surface area (Å²) in [5, 5.41) is 9.53. The van der Waals surface area contributed by atoms with Gasteiger partial charge in [-0.25, -0.2) is 9.78 Å². The highest BCUT2D eigenvalue weighted by atomic mass is 16.4. The van der Waals surface area contributed by atoms with Gasteiger partial charge in [-0.15, -0.1) is 0 Å². The van der Waals surface area contributed by atoms with E-state index in [-0.39, 0.29) is 5.69 Å². The first kappa shape index (κ1) is 14.2. The topological polar surface area (TPSA) is 103 Å². The average Bonchev–Trinajstić information content (AvgIpc) is 2.84. The number of carbonyl (C=O) groups excluding carboxylic acids is 1. The molecule has 108 valence electrons. The Kier molecular flexibility index (Phi) is 3.87. The van der Waals surface area contributed by atoms with Gasteiger partial charge in [-0.1, -0.05) is 13.3 Å². The molecule has 1 fully saturated rings. The SMILES string of the molecule is CCCC1(C(=O)O)CCCN1C(=O)c1c[nH]c(=O)cn1. The molecule has 1 unspecified atom stereocenters. The van der Waals surface area contributed by atoms with Gasteiger partial charge >= 0.3 is 5.97 Å². The Labute approximate surface area is 115 Å². The molecule has 1 atom stereocenters. The Morgan fingerprint density at radius 2 is 2.30 bits per heavy atom. The van der Waals surface area contributed by atoms with Crippen molar-refractivity contribution in [3.63, 3.8) is 0 Å². The van der Waals surface area contributed by atoms with Crippen LogP contribution >= 0.6 is 0 Å². The van der Waals surface area contributed by atoms with E-state index in [2.05, 4.69) is 9.97 Å². The van der Waals surface area contributed by atoms with Gasteiger partial charge < -0.3 is 15.0 Å². The minimum absolute atomic E-state index is 0.0632. The number of carboxylic acids is 1. The van der Waals surface area contributed by atoms with Crippen LogP contribution in [0.3, 0.4) is 0 Å². The Hall–Kier alpha value is -2.18. The number of nitrogens with zero attached hydrogens (tertiary/aromatic N) is 2. The lowest BCUT2D eigenvalue weighted by atomic mass is 9.90. The molecule has 1 aliphatic rings. The van der Waals surface area contributed by atoms with E-state index >= 15 is 0 Å². The third-order valence-electron chi connectivity index (χ3n) is 3.69. The van der Waals surface area contributed by atoms with Crippen molar-refractivity contribution in [2.24, 2.45) is 0 Å². The molecule has 7 nitrogen and oxygen atoms in total. The summed E-state index contributed by atoms with van der Waals surface area (Å²) in [4.78, 5) is 42.6. The molecule has 7 heteroatoms. The van der Waals surface area contributed by atoms with Crippen LogP contribution in [0.25, 0.3) is 0 Å². The van der Waals surface area contributed by atoms with E-state index < -0.39 is 23.0 Å². The summed E-state index contributed by atoms with van der Waals surface area (Å²) in [6.07, 6.45) is 4.44. The summed E-state index contributed by atoms with van der Waals surface area (Å²) in [5.41, 5.74) is -1.49. The highest BCUT2D eigenvalue weighted by Gasteiger charge is 2.49. The first-order chi connectivity index (χ1) is 9.51. The van der Waals surface area contributed by atoms with Crippen LogP contribution in [-0.4, -0.2) is 43.9 Å². The summed E-state index contributed by atoms with van der Waals surface area (Å²) < 4.78 is 0. The van der Waals surface area contributed by atoms with Crippen molar-refractivity contribution >= 4 is 11.9 Å². The number of amides is 1. The van der Waals surface area contributed by atoms with E-state index in [1.54, 1.807) is 0 Å². The predicted octanol–water partition coefficient (Wildman–Crippen LogP) is 0.629. The summed E-state index contributed by atoms with van der Waals surface area (Å²) in [5.74, 6) is -1.43. The molecular formula is C13H17N3O4. The molecule has 0 spiro atoms. The largest absolute Gasteiger partial charge is 0.479 e. The Bertz CT molecular complexity index is 563. The van der Waals surface area contributed by atoms with E-state index in [1.807, 2.05) is 6.92 Å². The maximum Gasteiger partial charge on any atom is 0.329 e. The third kappa shape index (κ3) is 2.31. The van der Waals surface area contributed by atoms with Crippen LogP contribution in [0.2, 0.25) is 0 Å². The molecule has 0 bridgehead atoms. The number of aromatic nitrogens is 2. The number of rotatable bonds is 4. The van der Waals surface area contributed by atoms with Crippen LogP contribution in [0.5, 0.6) is 0 Å². The Balaban J connectivity index is 2.34. The first-order valence-corrected chi connectivity index (χ1v) is 6.61. The van der Waals surface area contributed by atoms with E-state index in [0.717, 1.165) is 6.20 Å². The number of aliphatic carboxylic acids is 1. The van der Waals surface area contributed by atoms with Crippen molar-refractivity contribution in [2.75, 3.05) is 6.54 Å². The number of likely N-dealkylation sites (tertiary alicyclic amines) is 1. The second kappa shape index (κ2) is 5.44. The smallest absolute Gasteiger partial charge is 0.329 e. The van der Waals surface area contributed by atoms with E-state index in [9.17, 15) is 19.5 Å². The lowest BCUT2D eigenvalue weighted by Crippen LogP contribution is -2.53. The number of hydrogen-bond acceptors (Lipinski definition) is 4. The van der Waals surface area contributed by atoms with Crippen molar-refractivity contribution in [3.05, 3.63) is 28.4 Å². The Morgan fingerprint density at radius 3 is 2.85 bits per heavy atom. The molecule has 0 aromatic carbocycles. The van der Waals surface area contributed by atoms with Gasteiger partial charge in [0.2, 0.25) is 0 Å². The van der Waals surface area contributed by atoms with Gasteiger partial charge in [0.1, 0.15) is 11.2 Å². The fraction of sp³-hybridized carbons (Fsp3) is 0.538. The fourth-order valence-corrected chi connectivity index (χ4v) is 2.77. The highest BCUT2D eigenvalue weighted by Crippen LogP contribution is 2.34. The normalized spacial score (nSPS) is 21.9. The van der Waals surface area contributed by atoms with Gasteiger partial charge in [-0.05, 0) is 19.3 Å². The van der Waals surface area contributed by atoms with Crippen molar-refractivity contribution in [1.82, 2.24) is 14.9 Å². The van der Waals surface area contributed by atoms with Gasteiger partial charge in [0, 0.05) is 12.7 Å². The molecule has 2 rings (SSSR count). The predicted molar refractivity (Wildman–Crippen MR) is 70.4 cm³/mol. The van der Waals surface area contributed by atoms with Gasteiger partial charge in [0.25, 0.3) is 11.5 Å². The highest BCUT2D eigenvalue weighted by molar-refractivity contribution is 5.96. The van der Waals surface area contributed by atoms with Crippen LogP contribution in [0.4, 0.5) is 0 Å². The lowest BCUT2D eigenvalue weighted by molar-refractivity contribution is -0.148. The van der Waals surface area contributed by atoms with Crippen molar-refractivity contribution in [3.8, 4) is 0 Å². The third-order valence-corrected chi connectivity index (χ3v) is 3.69. The van der Waals surface area contributed by atoms with Crippen molar-refractivity contribution < 1.29 is 14.7 Å². The van der Waals surface area contributed by atoms with Crippen LogP contribution in [0.1, 0.15) is 43.1 Å². The van der Waals surface area contributed by atoms with Gasteiger partial charge in [-0.3, -0.25) is 9.59 Å². The number of aromatic amines is 1. The summed E-state index contributed by atoms with van der Waals surface area (Å²) in [6, 6.07) is 0. The van der Waals surface area contributed by atoms with E-state index in [4.69, 9.17) is 0 Å². The quantitative estimate of drug-likeness (QED) is 0.841. The molecule has 1 aromatic heterocycles. The second-order valence-corrected chi connectivity index (χ2v) is 4.94. The standard InChI is InChI=1S/C13H17N3O4/c1-2-4-13(12(19)20)5-3-6-16(13)11(18)9-7-15-10(17)8-14-9/h7-8H,2-6H2,1H3,(H,15,17)(H,19,20). The van der Waals surface area contributed by atoms with Gasteiger partial charge in [0.05, 0.1) is 6.20 Å². The molecule has 2 heterocycles. The fourth-order valence-electron chi connectivity index (χ4n) is 2.77. The molecule has 20 heavy (non-hydrogen) atoms. The molecule has 0 saturated carbocycles. The molecule has 2 N–H and O–H groups in total. The Morgan fingerprint density at radius 1 is 1.55 bits per heavy atom. The molecule has 1 aromatic rings. The van der Waals surface area contributed by atoms with Crippen LogP contribution in [0.15, 0.2) is 17.2 Å². The molecule has 1 saturated heterocycles. The average molecular weight is 279 g/mol. The number of H-pyrrole nitrogens is 1. The second-order valence-electron chi connectivity index (χ2n) is 4.94. The van der Waals surface area contributed by atoms with Gasteiger partial charge in [0.15, 0.2) is 0 Å². The molecule has 0 aliphatic carbocycles. The maximum absolute atomic E-state index is 12.4. The number of carboxylic acid groups (broad SMARTS) is 1. The van der Waals surface area contributed by atoms with Crippen molar-refractivity contribution in [2.45, 2.75) is 38.1 Å². The first-order valence-electron chi connectivity index (χ1n) is 6.61. The zero-order valence-electron chi connectivity index (χ0n) is 11.3. The molecular weight excluding hydrogens is 262 g/mol. The van der Waals surface area contributed by atoms with E-state index in [1.165, 1.54) is 11.1 Å². The molecule has 1 aliphatic heterocycles. The summed E-state index contributed by atoms with van der Waals surface area (Å²) in [6.45, 7) is 2.29. The minimum Gasteiger partial charge on any atom is -0.479 e. The van der Waals surface area contributed by atoms with E-state index in [0.29, 0.717) is 32.2 Å². The minimum atomic E-state index is -1.15. The number of nitrogens with one attached hydrogen (secondary N) is 1. The molecule has 0 radical (unpaired) electrons. The zero-order valence-corrected chi connectivity index (χ0v) is 11.3. The number of hydrogen-bond donors (Lipinski definition) is 2. The summed E-state index contributed by atoms with van der Waals surface area (Å²) >= 11 is 0.